The Morgan fingerprint density at radius 2 is 1.88 bits per heavy atom. The van der Waals surface area contributed by atoms with E-state index in [9.17, 15) is 0 Å². The fourth-order valence-corrected chi connectivity index (χ4v) is 2.44. The Hall–Kier alpha value is -2.08. The molecule has 0 N–H and O–H groups in total. The predicted molar refractivity (Wildman–Crippen MR) is 66.9 cm³/mol. The summed E-state index contributed by atoms with van der Waals surface area (Å²) in [7, 11) is 0. The highest BCUT2D eigenvalue weighted by molar-refractivity contribution is 6.16. The average molecular weight is 199 g/mol. The van der Waals surface area contributed by atoms with E-state index in [1.807, 2.05) is 0 Å². The number of fused-ring (bicyclic) bond motifs is 2. The topological polar surface area (TPSA) is 0 Å². The fourth-order valence-electron chi connectivity index (χ4n) is 2.44. The van der Waals surface area contributed by atoms with Crippen molar-refractivity contribution in [2.24, 2.45) is 0 Å². The van der Waals surface area contributed by atoms with Gasteiger partial charge in [0.2, 0.25) is 0 Å². The molecule has 0 aromatic heterocycles. The maximum Gasteiger partial charge on any atom is -0.0000238 e. The van der Waals surface area contributed by atoms with Crippen LogP contribution in [0.25, 0.3) is 33.7 Å². The van der Waals surface area contributed by atoms with E-state index in [0.717, 1.165) is 10.9 Å². The minimum atomic E-state index is 1.13. The number of benzene rings is 3. The average Bonchev–Trinajstić information content (AvgIpc) is 2.75. The van der Waals surface area contributed by atoms with E-state index < -0.39 is 0 Å². The van der Waals surface area contributed by atoms with E-state index in [4.69, 9.17) is 0 Å². The van der Waals surface area contributed by atoms with Crippen LogP contribution in [0.15, 0.2) is 30.3 Å². The maximum atomic E-state index is 3.19. The highest BCUT2D eigenvalue weighted by atomic mass is 14.1. The van der Waals surface area contributed by atoms with Gasteiger partial charge in [0.15, 0.2) is 0 Å². The van der Waals surface area contributed by atoms with Crippen molar-refractivity contribution < 1.29 is 0 Å². The molecular formula is C16H7. The molecule has 16 heavy (non-hydrogen) atoms. The molecule has 0 spiro atoms. The van der Waals surface area contributed by atoms with Crippen LogP contribution in [-0.2, 0) is 0 Å². The smallest absolute Gasteiger partial charge is 0.0000238 e. The molecule has 0 bridgehead atoms. The van der Waals surface area contributed by atoms with Crippen molar-refractivity contribution in [2.45, 2.75) is 0 Å². The molecule has 4 rings (SSSR count). The van der Waals surface area contributed by atoms with E-state index in [-0.39, 0.29) is 0 Å². The predicted octanol–water partition coefficient (Wildman–Crippen LogP) is 3.88. The molecule has 0 fully saturated rings. The first-order valence-electron chi connectivity index (χ1n) is 5.32. The molecule has 1 aliphatic carbocycles. The molecule has 3 radical (unpaired) electrons. The van der Waals surface area contributed by atoms with Gasteiger partial charge in [-0.15, -0.1) is 0 Å². The first-order valence-corrected chi connectivity index (χ1v) is 5.32. The van der Waals surface area contributed by atoms with E-state index >= 15 is 0 Å². The van der Waals surface area contributed by atoms with Gasteiger partial charge in [-0.05, 0) is 56.9 Å². The minimum Gasteiger partial charge on any atom is -0.0616 e. The molecule has 3 aromatic rings. The zero-order valence-electron chi connectivity index (χ0n) is 8.54. The Morgan fingerprint density at radius 1 is 0.938 bits per heavy atom. The lowest BCUT2D eigenvalue weighted by molar-refractivity contribution is 1.70. The molecule has 0 amide bonds. The summed E-state index contributed by atoms with van der Waals surface area (Å²) >= 11 is 0. The van der Waals surface area contributed by atoms with Crippen LogP contribution in [0, 0.1) is 18.2 Å². The van der Waals surface area contributed by atoms with E-state index in [1.165, 1.54) is 21.7 Å². The first kappa shape index (κ1) is 8.12. The van der Waals surface area contributed by atoms with Gasteiger partial charge < -0.3 is 0 Å². The van der Waals surface area contributed by atoms with Crippen LogP contribution in [0.2, 0.25) is 0 Å². The fraction of sp³-hybridized carbons (Fsp3) is 0. The van der Waals surface area contributed by atoms with Crippen LogP contribution in [-0.4, -0.2) is 0 Å². The number of rotatable bonds is 0. The van der Waals surface area contributed by atoms with E-state index in [0.29, 0.717) is 0 Å². The molecule has 0 saturated heterocycles. The van der Waals surface area contributed by atoms with E-state index in [2.05, 4.69) is 60.7 Å². The van der Waals surface area contributed by atoms with Gasteiger partial charge in [-0.3, -0.25) is 0 Å². The van der Waals surface area contributed by atoms with Gasteiger partial charge in [0.05, 0.1) is 0 Å². The summed E-state index contributed by atoms with van der Waals surface area (Å²) in [6, 6.07) is 19.9. The summed E-state index contributed by atoms with van der Waals surface area (Å²) in [5.41, 5.74) is 2.40. The zero-order chi connectivity index (χ0) is 10.5. The van der Waals surface area contributed by atoms with Crippen LogP contribution in [0.5, 0.6) is 0 Å². The van der Waals surface area contributed by atoms with Crippen molar-refractivity contribution >= 4 is 33.7 Å². The van der Waals surface area contributed by atoms with Crippen LogP contribution in [0.4, 0.5) is 0 Å². The standard InChI is InChI=1S/C16H7/c1-2-6-14-12(4-1)10-13-9-8-11-5-3-7-15(14)16(11)13/h1-2,4,6,8-10H. The van der Waals surface area contributed by atoms with Crippen molar-refractivity contribution in [3.63, 3.8) is 0 Å². The lowest BCUT2D eigenvalue weighted by Gasteiger charge is -2.05. The van der Waals surface area contributed by atoms with Gasteiger partial charge in [0.1, 0.15) is 0 Å². The Kier molecular flexibility index (Phi) is 1.39. The van der Waals surface area contributed by atoms with Crippen molar-refractivity contribution in [1.82, 2.24) is 0 Å². The molecule has 3 aromatic carbocycles. The largest absolute Gasteiger partial charge is 0.0616 e. The Balaban J connectivity index is 2.39. The Morgan fingerprint density at radius 3 is 2.88 bits per heavy atom. The van der Waals surface area contributed by atoms with Gasteiger partial charge in [0, 0.05) is 0 Å². The van der Waals surface area contributed by atoms with Crippen molar-refractivity contribution in [2.75, 3.05) is 0 Å². The molecule has 0 heterocycles. The van der Waals surface area contributed by atoms with Crippen LogP contribution in [0.3, 0.4) is 0 Å². The molecule has 0 heteroatoms. The zero-order valence-corrected chi connectivity index (χ0v) is 8.54. The second-order valence-electron chi connectivity index (χ2n) is 4.06. The highest BCUT2D eigenvalue weighted by Gasteiger charge is 2.11. The number of hydrogen-bond acceptors (Lipinski definition) is 0. The van der Waals surface area contributed by atoms with Gasteiger partial charge >= 0.3 is 0 Å². The number of hydrogen-bond donors (Lipinski definition) is 0. The third-order valence-electron chi connectivity index (χ3n) is 3.16. The van der Waals surface area contributed by atoms with Gasteiger partial charge in [0.25, 0.3) is 0 Å². The molecule has 0 saturated carbocycles. The Bertz CT molecular complexity index is 748. The molecule has 0 aliphatic heterocycles. The third kappa shape index (κ3) is 0.892. The lowest BCUT2D eigenvalue weighted by atomic mass is 9.97. The summed E-state index contributed by atoms with van der Waals surface area (Å²) in [5.74, 6) is 0. The highest BCUT2D eigenvalue weighted by Crippen LogP contribution is 2.35. The second-order valence-corrected chi connectivity index (χ2v) is 4.06. The summed E-state index contributed by atoms with van der Waals surface area (Å²) in [6.45, 7) is 0. The first-order chi connectivity index (χ1) is 7.93. The molecule has 1 aliphatic rings. The summed E-state index contributed by atoms with van der Waals surface area (Å²) in [6.07, 6.45) is 4.24. The quantitative estimate of drug-likeness (QED) is 0.377. The van der Waals surface area contributed by atoms with Crippen LogP contribution in [0.1, 0.15) is 11.1 Å². The summed E-state index contributed by atoms with van der Waals surface area (Å²) < 4.78 is 0. The lowest BCUT2D eigenvalue weighted by Crippen LogP contribution is -1.82. The second kappa shape index (κ2) is 2.73. The SMILES string of the molecule is [c]1[c]c2c3c(cc4ccccc4c3[c]1)C=C2. The minimum absolute atomic E-state index is 1.13. The normalized spacial score (nSPS) is 12.8. The maximum absolute atomic E-state index is 3.19. The summed E-state index contributed by atoms with van der Waals surface area (Å²) in [4.78, 5) is 0. The Labute approximate surface area is 93.8 Å². The molecule has 0 atom stereocenters. The van der Waals surface area contributed by atoms with Crippen molar-refractivity contribution in [1.29, 1.82) is 0 Å². The molecular weight excluding hydrogens is 192 g/mol. The van der Waals surface area contributed by atoms with E-state index in [1.54, 1.807) is 0 Å². The monoisotopic (exact) mass is 199 g/mol. The van der Waals surface area contributed by atoms with Gasteiger partial charge in [-0.2, -0.15) is 0 Å². The molecule has 71 valence electrons. The summed E-state index contributed by atoms with van der Waals surface area (Å²) in [5, 5.41) is 4.93. The van der Waals surface area contributed by atoms with Crippen LogP contribution >= 0.6 is 0 Å². The molecule has 0 unspecified atom stereocenters. The third-order valence-corrected chi connectivity index (χ3v) is 3.16. The van der Waals surface area contributed by atoms with Crippen LogP contribution < -0.4 is 0 Å². The van der Waals surface area contributed by atoms with Gasteiger partial charge in [-0.25, -0.2) is 0 Å². The molecule has 0 nitrogen and oxygen atoms in total. The van der Waals surface area contributed by atoms with Crippen molar-refractivity contribution in [3.8, 4) is 0 Å². The van der Waals surface area contributed by atoms with Crippen molar-refractivity contribution in [3.05, 3.63) is 59.7 Å². The van der Waals surface area contributed by atoms with Gasteiger partial charge in [-0.1, -0.05) is 36.4 Å².